The smallest absolute Gasteiger partial charge is 0.304 e. The molecule has 0 bridgehead atoms. The van der Waals surface area contributed by atoms with Gasteiger partial charge in [-0.15, -0.1) is 0 Å². The molecule has 1 rings (SSSR count). The van der Waals surface area contributed by atoms with Crippen LogP contribution in [0, 0.1) is 0 Å². The van der Waals surface area contributed by atoms with Gasteiger partial charge in [-0.1, -0.05) is 0 Å². The van der Waals surface area contributed by atoms with Gasteiger partial charge in [0.15, 0.2) is 10.7 Å². The van der Waals surface area contributed by atoms with Crippen LogP contribution in [0.2, 0.25) is 0 Å². The molecule has 0 saturated carbocycles. The second-order valence-electron chi connectivity index (χ2n) is 2.06. The Kier molecular flexibility index (Phi) is 2.85. The SMILES string of the molecule is NC(=O)c1ncc(NC[SH](=O)=O)o1. The molecule has 0 aromatic carbocycles. The molecule has 0 radical (unpaired) electrons. The minimum Gasteiger partial charge on any atom is -0.416 e. The number of rotatable bonds is 4. The summed E-state index contributed by atoms with van der Waals surface area (Å²) in [4.78, 5) is 14.0. The molecule has 1 aromatic heterocycles. The van der Waals surface area contributed by atoms with Crippen molar-refractivity contribution < 1.29 is 17.6 Å². The van der Waals surface area contributed by atoms with Crippen LogP contribution in [0.4, 0.5) is 5.88 Å². The second-order valence-corrected chi connectivity index (χ2v) is 3.04. The van der Waals surface area contributed by atoms with Crippen LogP contribution in [0.25, 0.3) is 0 Å². The average Bonchev–Trinajstić information content (AvgIpc) is 2.48. The molecule has 8 heteroatoms. The highest BCUT2D eigenvalue weighted by atomic mass is 32.2. The van der Waals surface area contributed by atoms with Gasteiger partial charge in [0.25, 0.3) is 5.89 Å². The van der Waals surface area contributed by atoms with E-state index in [4.69, 9.17) is 10.2 Å². The van der Waals surface area contributed by atoms with Gasteiger partial charge >= 0.3 is 5.91 Å². The van der Waals surface area contributed by atoms with E-state index in [1.54, 1.807) is 0 Å². The first-order valence-electron chi connectivity index (χ1n) is 3.21. The molecule has 72 valence electrons. The fraction of sp³-hybridized carbons (Fsp3) is 0.200. The fourth-order valence-electron chi connectivity index (χ4n) is 0.612. The molecule has 7 nitrogen and oxygen atoms in total. The van der Waals surface area contributed by atoms with Crippen molar-refractivity contribution in [1.82, 2.24) is 4.98 Å². The Morgan fingerprint density at radius 2 is 2.38 bits per heavy atom. The largest absolute Gasteiger partial charge is 0.416 e. The van der Waals surface area contributed by atoms with Crippen LogP contribution in [0.15, 0.2) is 10.6 Å². The number of nitrogens with two attached hydrogens (primary N) is 1. The van der Waals surface area contributed by atoms with Crippen molar-refractivity contribution in [3.63, 3.8) is 0 Å². The number of primary amides is 1. The monoisotopic (exact) mass is 205 g/mol. The van der Waals surface area contributed by atoms with Gasteiger partial charge in [0.05, 0.1) is 6.20 Å². The van der Waals surface area contributed by atoms with Gasteiger partial charge in [-0.2, -0.15) is 0 Å². The number of hydrogen-bond acceptors (Lipinski definition) is 6. The molecule has 1 aromatic rings. The van der Waals surface area contributed by atoms with Gasteiger partial charge in [0, 0.05) is 0 Å². The molecule has 3 N–H and O–H groups in total. The van der Waals surface area contributed by atoms with E-state index in [2.05, 4.69) is 10.3 Å². The van der Waals surface area contributed by atoms with Gasteiger partial charge in [-0.05, 0) is 0 Å². The second kappa shape index (κ2) is 3.90. The first-order valence-corrected chi connectivity index (χ1v) is 4.57. The Morgan fingerprint density at radius 3 is 2.85 bits per heavy atom. The van der Waals surface area contributed by atoms with Gasteiger partial charge < -0.3 is 15.5 Å². The minimum atomic E-state index is -2.55. The molecule has 0 aliphatic heterocycles. The highest BCUT2D eigenvalue weighted by molar-refractivity contribution is 7.72. The van der Waals surface area contributed by atoms with Crippen LogP contribution < -0.4 is 11.1 Å². The molecule has 1 heterocycles. The van der Waals surface area contributed by atoms with Crippen molar-refractivity contribution in [2.45, 2.75) is 0 Å². The Balaban J connectivity index is 2.64. The minimum absolute atomic E-state index is 0.0907. The topological polar surface area (TPSA) is 115 Å². The molecule has 1 amide bonds. The summed E-state index contributed by atoms with van der Waals surface area (Å²) in [6.45, 7) is 0. The first kappa shape index (κ1) is 9.52. The molecule has 0 aliphatic rings. The lowest BCUT2D eigenvalue weighted by atomic mass is 10.6. The Hall–Kier alpha value is -1.57. The van der Waals surface area contributed by atoms with Crippen molar-refractivity contribution in [2.24, 2.45) is 5.73 Å². The van der Waals surface area contributed by atoms with E-state index < -0.39 is 16.6 Å². The normalized spacial score (nSPS) is 10.2. The fourth-order valence-corrected chi connectivity index (χ4v) is 0.897. The summed E-state index contributed by atoms with van der Waals surface area (Å²) in [7, 11) is -2.55. The number of thiol groups is 1. The summed E-state index contributed by atoms with van der Waals surface area (Å²) in [5.74, 6) is -1.25. The molecular formula is C5H7N3O4S. The maximum atomic E-state index is 10.5. The summed E-state index contributed by atoms with van der Waals surface area (Å²) in [5, 5.41) is 2.39. The number of amides is 1. The zero-order valence-corrected chi connectivity index (χ0v) is 7.28. The molecule has 0 atom stereocenters. The van der Waals surface area contributed by atoms with Crippen molar-refractivity contribution in [3.8, 4) is 0 Å². The number of oxazole rings is 1. The number of aromatic nitrogens is 1. The van der Waals surface area contributed by atoms with E-state index in [-0.39, 0.29) is 17.7 Å². The zero-order chi connectivity index (χ0) is 9.84. The molecule has 0 fully saturated rings. The van der Waals surface area contributed by atoms with E-state index in [0.717, 1.165) is 0 Å². The summed E-state index contributed by atoms with van der Waals surface area (Å²) < 4.78 is 25.0. The van der Waals surface area contributed by atoms with E-state index in [1.807, 2.05) is 0 Å². The maximum absolute atomic E-state index is 10.5. The standard InChI is InChI=1S/C5H7N3O4S/c6-4(9)5-7-1-3(12-5)8-2-13(10)11/h1,8,13H,2H2,(H2,6,9). The summed E-state index contributed by atoms with van der Waals surface area (Å²) >= 11 is 0. The van der Waals surface area contributed by atoms with Crippen molar-refractivity contribution >= 4 is 22.5 Å². The van der Waals surface area contributed by atoms with Gasteiger partial charge in [0.1, 0.15) is 5.88 Å². The quantitative estimate of drug-likeness (QED) is 0.529. The molecule has 0 spiro atoms. The van der Waals surface area contributed by atoms with Crippen molar-refractivity contribution in [1.29, 1.82) is 0 Å². The third-order valence-electron chi connectivity index (χ3n) is 1.10. The first-order chi connectivity index (χ1) is 6.09. The third-order valence-corrected chi connectivity index (χ3v) is 1.52. The lowest BCUT2D eigenvalue weighted by Crippen LogP contribution is -2.10. The number of anilines is 1. The van der Waals surface area contributed by atoms with Crippen LogP contribution in [-0.4, -0.2) is 25.2 Å². The number of nitrogens with zero attached hydrogens (tertiary/aromatic N) is 1. The Labute approximate surface area is 74.9 Å². The predicted octanol–water partition coefficient (Wildman–Crippen LogP) is -1.25. The molecular weight excluding hydrogens is 198 g/mol. The highest BCUT2D eigenvalue weighted by Crippen LogP contribution is 2.07. The Morgan fingerprint density at radius 1 is 1.69 bits per heavy atom. The Bertz CT molecular complexity index is 375. The van der Waals surface area contributed by atoms with Crippen LogP contribution in [0.3, 0.4) is 0 Å². The van der Waals surface area contributed by atoms with Crippen molar-refractivity contribution in [3.05, 3.63) is 12.1 Å². The van der Waals surface area contributed by atoms with Crippen molar-refractivity contribution in [2.75, 3.05) is 11.2 Å². The van der Waals surface area contributed by atoms with E-state index in [9.17, 15) is 13.2 Å². The lowest BCUT2D eigenvalue weighted by Gasteiger charge is -1.92. The zero-order valence-electron chi connectivity index (χ0n) is 6.39. The maximum Gasteiger partial charge on any atom is 0.304 e. The van der Waals surface area contributed by atoms with Crippen LogP contribution >= 0.6 is 0 Å². The lowest BCUT2D eigenvalue weighted by molar-refractivity contribution is 0.0968. The van der Waals surface area contributed by atoms with Crippen LogP contribution in [0.1, 0.15) is 10.7 Å². The predicted molar refractivity (Wildman–Crippen MR) is 43.8 cm³/mol. The summed E-state index contributed by atoms with van der Waals surface area (Å²) in [5.41, 5.74) is 4.84. The van der Waals surface area contributed by atoms with E-state index in [0.29, 0.717) is 0 Å². The third kappa shape index (κ3) is 2.75. The number of carbonyl (C=O) groups excluding carboxylic acids is 1. The molecule has 13 heavy (non-hydrogen) atoms. The summed E-state index contributed by atoms with van der Waals surface area (Å²) in [6.07, 6.45) is 1.18. The van der Waals surface area contributed by atoms with Gasteiger partial charge in [-0.3, -0.25) is 4.79 Å². The van der Waals surface area contributed by atoms with E-state index in [1.165, 1.54) is 6.20 Å². The number of nitrogens with one attached hydrogen (secondary N) is 1. The van der Waals surface area contributed by atoms with Gasteiger partial charge in [-0.25, -0.2) is 13.4 Å². The van der Waals surface area contributed by atoms with E-state index >= 15 is 0 Å². The molecule has 0 unspecified atom stereocenters. The number of hydrogen-bond donors (Lipinski definition) is 3. The summed E-state index contributed by atoms with van der Waals surface area (Å²) in [6, 6.07) is 0. The molecule has 0 saturated heterocycles. The molecule has 0 aliphatic carbocycles. The average molecular weight is 205 g/mol. The highest BCUT2D eigenvalue weighted by Gasteiger charge is 2.08. The van der Waals surface area contributed by atoms with Crippen LogP contribution in [0.5, 0.6) is 0 Å². The van der Waals surface area contributed by atoms with Gasteiger partial charge in [0.2, 0.25) is 5.88 Å². The van der Waals surface area contributed by atoms with Crippen LogP contribution in [-0.2, 0) is 10.7 Å². The number of carbonyl (C=O) groups is 1.